The van der Waals surface area contributed by atoms with Gasteiger partial charge in [-0.2, -0.15) is 0 Å². The first-order chi connectivity index (χ1) is 19.8. The molecule has 41 heavy (non-hydrogen) atoms. The molecule has 0 aromatic heterocycles. The van der Waals surface area contributed by atoms with E-state index in [1.54, 1.807) is 16.7 Å². The zero-order valence-electron chi connectivity index (χ0n) is 27.7. The Morgan fingerprint density at radius 2 is 1.66 bits per heavy atom. The maximum absolute atomic E-state index is 9.54. The zero-order chi connectivity index (χ0) is 29.8. The maximum atomic E-state index is 9.54. The lowest BCUT2D eigenvalue weighted by molar-refractivity contribution is 0.274. The predicted molar refractivity (Wildman–Crippen MR) is 181 cm³/mol. The molecule has 1 N–H and O–H groups in total. The summed E-state index contributed by atoms with van der Waals surface area (Å²) >= 11 is 0. The number of aliphatic hydroxyl groups is 1. The highest BCUT2D eigenvalue weighted by Crippen LogP contribution is 2.44. The Balaban J connectivity index is 2.32. The minimum atomic E-state index is 0.229. The van der Waals surface area contributed by atoms with Crippen molar-refractivity contribution in [3.8, 4) is 0 Å². The van der Waals surface area contributed by atoms with Crippen molar-refractivity contribution in [2.45, 2.75) is 144 Å². The van der Waals surface area contributed by atoms with Crippen LogP contribution in [0.5, 0.6) is 0 Å². The number of hydrogen-bond donors (Lipinski definition) is 1. The minimum absolute atomic E-state index is 0.229. The molecule has 0 radical (unpaired) electrons. The predicted octanol–water partition coefficient (Wildman–Crippen LogP) is 12.1. The van der Waals surface area contributed by atoms with Crippen molar-refractivity contribution in [2.75, 3.05) is 6.61 Å². The van der Waals surface area contributed by atoms with Crippen molar-refractivity contribution >= 4 is 0 Å². The largest absolute Gasteiger partial charge is 0.396 e. The molecule has 0 spiro atoms. The van der Waals surface area contributed by atoms with Crippen molar-refractivity contribution < 1.29 is 5.11 Å². The molecular formula is C40H62O. The van der Waals surface area contributed by atoms with Gasteiger partial charge in [-0.25, -0.2) is 0 Å². The van der Waals surface area contributed by atoms with Crippen LogP contribution < -0.4 is 0 Å². The Morgan fingerprint density at radius 1 is 0.976 bits per heavy atom. The van der Waals surface area contributed by atoms with Crippen LogP contribution in [0, 0.1) is 17.8 Å². The Labute approximate surface area is 254 Å². The molecule has 1 heteroatoms. The lowest BCUT2D eigenvalue weighted by atomic mass is 9.73. The highest BCUT2D eigenvalue weighted by molar-refractivity contribution is 5.67. The molecule has 228 valence electrons. The number of rotatable bonds is 9. The number of fused-ring (bicyclic) bond motifs is 2. The lowest BCUT2D eigenvalue weighted by Crippen LogP contribution is -2.15. The quantitative estimate of drug-likeness (QED) is 0.279. The first kappa shape index (κ1) is 33.6. The summed E-state index contributed by atoms with van der Waals surface area (Å²) in [5, 5.41) is 9.54. The second-order valence-electron chi connectivity index (χ2n) is 13.5. The van der Waals surface area contributed by atoms with Crippen LogP contribution in [0.4, 0.5) is 0 Å². The first-order valence-corrected chi connectivity index (χ1v) is 17.3. The molecule has 0 amide bonds. The molecule has 2 bridgehead atoms. The van der Waals surface area contributed by atoms with Gasteiger partial charge in [0.15, 0.2) is 0 Å². The highest BCUT2D eigenvalue weighted by atomic mass is 16.3. The van der Waals surface area contributed by atoms with E-state index in [4.69, 9.17) is 6.58 Å². The summed E-state index contributed by atoms with van der Waals surface area (Å²) in [6, 6.07) is 0. The molecule has 3 aliphatic carbocycles. The van der Waals surface area contributed by atoms with Crippen LogP contribution in [0.1, 0.15) is 144 Å². The summed E-state index contributed by atoms with van der Waals surface area (Å²) in [6.45, 7) is 19.3. The molecule has 0 aliphatic heterocycles. The SMILES string of the molecule is C=C(/C=C\[C@H](C)CCO)C(=C1\C=C2CCCCCCCC(=C1C)[C@@H]2C)/C1=C(\C)[C@H](C)CCCCC/C(CCCC)=C\1. The van der Waals surface area contributed by atoms with Gasteiger partial charge in [0, 0.05) is 6.61 Å². The second kappa shape index (κ2) is 17.3. The minimum Gasteiger partial charge on any atom is -0.396 e. The van der Waals surface area contributed by atoms with Gasteiger partial charge in [-0.15, -0.1) is 0 Å². The summed E-state index contributed by atoms with van der Waals surface area (Å²) in [4.78, 5) is 0. The van der Waals surface area contributed by atoms with Gasteiger partial charge in [0.25, 0.3) is 0 Å². The summed E-state index contributed by atoms with van der Waals surface area (Å²) < 4.78 is 0. The number of aliphatic hydroxyl groups excluding tert-OH is 1. The van der Waals surface area contributed by atoms with E-state index in [0.29, 0.717) is 17.8 Å². The van der Waals surface area contributed by atoms with Crippen LogP contribution in [0.15, 0.2) is 81.0 Å². The summed E-state index contributed by atoms with van der Waals surface area (Å²) in [5.41, 5.74) is 13.3. The molecule has 3 atom stereocenters. The smallest absolute Gasteiger partial charge is 0.0436 e. The van der Waals surface area contributed by atoms with Crippen molar-refractivity contribution in [3.05, 3.63) is 81.0 Å². The van der Waals surface area contributed by atoms with Gasteiger partial charge in [-0.1, -0.05) is 119 Å². The van der Waals surface area contributed by atoms with Crippen molar-refractivity contribution in [1.82, 2.24) is 0 Å². The molecule has 0 aromatic carbocycles. The van der Waals surface area contributed by atoms with Crippen LogP contribution >= 0.6 is 0 Å². The van der Waals surface area contributed by atoms with Gasteiger partial charge >= 0.3 is 0 Å². The van der Waals surface area contributed by atoms with Crippen LogP contribution in [-0.2, 0) is 0 Å². The second-order valence-corrected chi connectivity index (χ2v) is 13.5. The average molecular weight is 559 g/mol. The van der Waals surface area contributed by atoms with Gasteiger partial charge in [-0.05, 0) is 124 Å². The Hall–Kier alpha value is -1.86. The highest BCUT2D eigenvalue weighted by Gasteiger charge is 2.27. The third kappa shape index (κ3) is 9.57. The number of allylic oxidation sites excluding steroid dienone is 13. The maximum Gasteiger partial charge on any atom is 0.0436 e. The summed E-state index contributed by atoms with van der Waals surface area (Å²) in [7, 11) is 0. The molecular weight excluding hydrogens is 496 g/mol. The van der Waals surface area contributed by atoms with Gasteiger partial charge in [-0.3, -0.25) is 0 Å². The van der Waals surface area contributed by atoms with Gasteiger partial charge in [0.05, 0.1) is 0 Å². The van der Waals surface area contributed by atoms with E-state index in [0.717, 1.165) is 12.0 Å². The van der Waals surface area contributed by atoms with Crippen molar-refractivity contribution in [3.63, 3.8) is 0 Å². The van der Waals surface area contributed by atoms with Crippen LogP contribution in [-0.4, -0.2) is 11.7 Å². The fraction of sp³-hybridized carbons (Fsp3) is 0.650. The number of unbranched alkanes of at least 4 members (excludes halogenated alkanes) is 1. The van der Waals surface area contributed by atoms with Gasteiger partial charge in [0.2, 0.25) is 0 Å². The summed E-state index contributed by atoms with van der Waals surface area (Å²) in [6.07, 6.45) is 29.9. The topological polar surface area (TPSA) is 20.2 Å². The molecule has 3 aliphatic rings. The van der Waals surface area contributed by atoms with Crippen molar-refractivity contribution in [2.24, 2.45) is 17.8 Å². The van der Waals surface area contributed by atoms with E-state index in [2.05, 4.69) is 65.8 Å². The summed E-state index contributed by atoms with van der Waals surface area (Å²) in [5.74, 6) is 1.45. The molecule has 1 nitrogen and oxygen atoms in total. The lowest BCUT2D eigenvalue weighted by Gasteiger charge is -2.32. The van der Waals surface area contributed by atoms with E-state index < -0.39 is 0 Å². The molecule has 1 saturated carbocycles. The van der Waals surface area contributed by atoms with E-state index >= 15 is 0 Å². The average Bonchev–Trinajstić information content (AvgIpc) is 2.95. The third-order valence-electron chi connectivity index (χ3n) is 10.3. The van der Waals surface area contributed by atoms with E-state index in [1.165, 1.54) is 124 Å². The molecule has 0 saturated heterocycles. The van der Waals surface area contributed by atoms with E-state index in [-0.39, 0.29) is 6.61 Å². The molecule has 0 aromatic rings. The molecule has 1 fully saturated rings. The number of hydrogen-bond acceptors (Lipinski definition) is 1. The van der Waals surface area contributed by atoms with Crippen LogP contribution in [0.25, 0.3) is 0 Å². The van der Waals surface area contributed by atoms with Crippen molar-refractivity contribution in [1.29, 1.82) is 0 Å². The molecule has 0 heterocycles. The first-order valence-electron chi connectivity index (χ1n) is 17.3. The zero-order valence-corrected chi connectivity index (χ0v) is 27.7. The molecule has 0 unspecified atom stereocenters. The fourth-order valence-corrected chi connectivity index (χ4v) is 7.14. The van der Waals surface area contributed by atoms with Crippen LogP contribution in [0.3, 0.4) is 0 Å². The monoisotopic (exact) mass is 558 g/mol. The Kier molecular flexibility index (Phi) is 14.2. The van der Waals surface area contributed by atoms with Gasteiger partial charge in [0.1, 0.15) is 0 Å². The standard InChI is InChI=1S/C40H62O/c1-8-9-19-35-20-15-13-14-18-30(3)32(5)38(27-35)40(31(4)24-23-29(2)25-26-41)39-28-36-21-16-11-10-12-17-22-37(33(36)6)34(39)7/h23-24,27-30,33,41H,4,8-22,25-26H2,1-3,5-7H3/b24-23-,35-27-,38-32+,40-39-/t29-,30+,33+/m0/s1. The molecule has 3 rings (SSSR count). The normalized spacial score (nSPS) is 28.6. The van der Waals surface area contributed by atoms with Gasteiger partial charge < -0.3 is 5.11 Å². The van der Waals surface area contributed by atoms with Crippen LogP contribution in [0.2, 0.25) is 0 Å². The van der Waals surface area contributed by atoms with E-state index in [1.807, 2.05) is 0 Å². The fourth-order valence-electron chi connectivity index (χ4n) is 7.14. The Morgan fingerprint density at radius 3 is 2.39 bits per heavy atom. The van der Waals surface area contributed by atoms with E-state index in [9.17, 15) is 5.11 Å². The Bertz CT molecular complexity index is 1070. The third-order valence-corrected chi connectivity index (χ3v) is 10.3.